The molecule has 8 heteroatoms. The van der Waals surface area contributed by atoms with E-state index in [4.69, 9.17) is 9.47 Å². The van der Waals surface area contributed by atoms with E-state index < -0.39 is 12.0 Å². The maximum absolute atomic E-state index is 13.8. The Hall–Kier alpha value is -4.17. The quantitative estimate of drug-likeness (QED) is 0.423. The zero-order chi connectivity index (χ0) is 25.4. The van der Waals surface area contributed by atoms with Crippen LogP contribution in [0.4, 0.5) is 0 Å². The molecule has 1 aromatic heterocycles. The van der Waals surface area contributed by atoms with Gasteiger partial charge in [-0.1, -0.05) is 53.8 Å². The number of carbonyl (C=O) groups excluding carboxylic acids is 1. The Morgan fingerprint density at radius 1 is 1.14 bits per heavy atom. The average molecular weight is 501 g/mol. The molecule has 0 saturated carbocycles. The minimum absolute atomic E-state index is 0.0784. The van der Waals surface area contributed by atoms with Crippen molar-refractivity contribution in [2.24, 2.45) is 4.99 Å². The molecule has 3 aromatic carbocycles. The number of hydrogen-bond donors (Lipinski definition) is 1. The second-order valence-electron chi connectivity index (χ2n) is 8.29. The van der Waals surface area contributed by atoms with Crippen molar-refractivity contribution in [2.45, 2.75) is 19.9 Å². The van der Waals surface area contributed by atoms with Crippen LogP contribution in [0.15, 0.2) is 81.7 Å². The molecular formula is C28H24N2O5S. The summed E-state index contributed by atoms with van der Waals surface area (Å²) < 4.78 is 12.5. The van der Waals surface area contributed by atoms with Crippen molar-refractivity contribution in [3.8, 4) is 11.5 Å². The van der Waals surface area contributed by atoms with Crippen LogP contribution >= 0.6 is 11.3 Å². The van der Waals surface area contributed by atoms with Gasteiger partial charge in [-0.05, 0) is 54.5 Å². The fraction of sp³-hybridized carbons (Fsp3) is 0.179. The molecule has 36 heavy (non-hydrogen) atoms. The fourth-order valence-corrected chi connectivity index (χ4v) is 5.49. The van der Waals surface area contributed by atoms with E-state index >= 15 is 0 Å². The number of phenols is 1. The average Bonchev–Trinajstić information content (AvgIpc) is 3.19. The van der Waals surface area contributed by atoms with Crippen LogP contribution in [0.5, 0.6) is 11.5 Å². The maximum Gasteiger partial charge on any atom is 0.338 e. The van der Waals surface area contributed by atoms with Gasteiger partial charge in [0.05, 0.1) is 35.6 Å². The summed E-state index contributed by atoms with van der Waals surface area (Å²) in [5.41, 5.74) is 1.79. The summed E-state index contributed by atoms with van der Waals surface area (Å²) in [5, 5.41) is 12.4. The lowest BCUT2D eigenvalue weighted by Crippen LogP contribution is -2.39. The lowest BCUT2D eigenvalue weighted by Gasteiger charge is -2.24. The van der Waals surface area contributed by atoms with E-state index in [1.54, 1.807) is 45.2 Å². The van der Waals surface area contributed by atoms with Gasteiger partial charge in [0.1, 0.15) is 11.5 Å². The van der Waals surface area contributed by atoms with E-state index in [0.29, 0.717) is 31.9 Å². The molecule has 1 aliphatic rings. The number of nitrogens with zero attached hydrogens (tertiary/aromatic N) is 2. The summed E-state index contributed by atoms with van der Waals surface area (Å²) in [4.78, 5) is 31.9. The molecule has 1 atom stereocenters. The molecule has 0 saturated heterocycles. The van der Waals surface area contributed by atoms with E-state index in [-0.39, 0.29) is 17.9 Å². The van der Waals surface area contributed by atoms with Gasteiger partial charge in [0.25, 0.3) is 5.56 Å². The molecule has 0 amide bonds. The minimum Gasteiger partial charge on any atom is -0.507 e. The normalized spacial score (nSPS) is 15.5. The Balaban J connectivity index is 1.76. The second kappa shape index (κ2) is 9.47. The number of methoxy groups -OCH3 is 1. The monoisotopic (exact) mass is 500 g/mol. The molecule has 0 bridgehead atoms. The van der Waals surface area contributed by atoms with E-state index in [1.807, 2.05) is 42.5 Å². The van der Waals surface area contributed by atoms with Gasteiger partial charge >= 0.3 is 5.97 Å². The highest BCUT2D eigenvalue weighted by Crippen LogP contribution is 2.32. The summed E-state index contributed by atoms with van der Waals surface area (Å²) in [6.07, 6.45) is 1.69. The number of thiazole rings is 1. The summed E-state index contributed by atoms with van der Waals surface area (Å²) in [7, 11) is 1.58. The van der Waals surface area contributed by atoms with Crippen molar-refractivity contribution in [2.75, 3.05) is 13.7 Å². The van der Waals surface area contributed by atoms with Crippen LogP contribution in [0.3, 0.4) is 0 Å². The highest BCUT2D eigenvalue weighted by molar-refractivity contribution is 7.07. The first-order chi connectivity index (χ1) is 17.4. The van der Waals surface area contributed by atoms with Crippen LogP contribution in [0.1, 0.15) is 31.0 Å². The number of hydrogen-bond acceptors (Lipinski definition) is 7. The van der Waals surface area contributed by atoms with Gasteiger partial charge in [-0.25, -0.2) is 9.79 Å². The molecule has 1 aliphatic heterocycles. The largest absolute Gasteiger partial charge is 0.507 e. The SMILES string of the molecule is CCOC(=O)C1=C(C)N=c2s/c(=C\c3c(O)ccc4ccccc34)c(=O)n2[C@H]1c1ccc(OC)cc1. The van der Waals surface area contributed by atoms with E-state index in [9.17, 15) is 14.7 Å². The second-order valence-corrected chi connectivity index (χ2v) is 9.30. The van der Waals surface area contributed by atoms with Gasteiger partial charge in [-0.2, -0.15) is 0 Å². The molecule has 0 spiro atoms. The standard InChI is InChI=1S/C28H24N2O5S/c1-4-35-27(33)24-16(2)29-28-30(25(24)18-9-12-19(34-3)13-10-18)26(32)23(36-28)15-21-20-8-6-5-7-17(20)11-14-22(21)31/h5-15,25,31H,4H2,1-3H3/b23-15-/t25-/m0/s1. The van der Waals surface area contributed by atoms with Crippen LogP contribution in [0, 0.1) is 0 Å². The Bertz CT molecular complexity index is 1700. The Kier molecular flexibility index (Phi) is 6.20. The number of carbonyl (C=O) groups is 1. The predicted molar refractivity (Wildman–Crippen MR) is 139 cm³/mol. The molecule has 0 fully saturated rings. The molecule has 4 aromatic rings. The van der Waals surface area contributed by atoms with Crippen molar-refractivity contribution in [1.82, 2.24) is 4.57 Å². The molecular weight excluding hydrogens is 476 g/mol. The summed E-state index contributed by atoms with van der Waals surface area (Å²) in [6, 6.07) is 17.6. The molecule has 0 unspecified atom stereocenters. The third-order valence-electron chi connectivity index (χ3n) is 6.17. The van der Waals surface area contributed by atoms with Gasteiger partial charge in [0.2, 0.25) is 0 Å². The maximum atomic E-state index is 13.8. The topological polar surface area (TPSA) is 90.1 Å². The van der Waals surface area contributed by atoms with Crippen LogP contribution in [0.25, 0.3) is 16.8 Å². The molecule has 5 rings (SSSR count). The summed E-state index contributed by atoms with van der Waals surface area (Å²) in [6.45, 7) is 3.69. The van der Waals surface area contributed by atoms with Gasteiger partial charge < -0.3 is 14.6 Å². The van der Waals surface area contributed by atoms with Gasteiger partial charge in [-0.3, -0.25) is 9.36 Å². The number of ether oxygens (including phenoxy) is 2. The number of aromatic nitrogens is 1. The van der Waals surface area contributed by atoms with Gasteiger partial charge in [-0.15, -0.1) is 0 Å². The third-order valence-corrected chi connectivity index (χ3v) is 7.15. The molecule has 2 heterocycles. The number of fused-ring (bicyclic) bond motifs is 2. The van der Waals surface area contributed by atoms with Crippen molar-refractivity contribution in [1.29, 1.82) is 0 Å². The molecule has 0 aliphatic carbocycles. The number of allylic oxidation sites excluding steroid dienone is 1. The fourth-order valence-electron chi connectivity index (χ4n) is 4.46. The first kappa shape index (κ1) is 23.6. The number of aromatic hydroxyl groups is 1. The first-order valence-electron chi connectivity index (χ1n) is 11.5. The summed E-state index contributed by atoms with van der Waals surface area (Å²) >= 11 is 1.22. The summed E-state index contributed by atoms with van der Waals surface area (Å²) in [5.74, 6) is 0.228. The predicted octanol–water partition coefficient (Wildman–Crippen LogP) is 3.67. The third kappa shape index (κ3) is 3.99. The zero-order valence-corrected chi connectivity index (χ0v) is 20.8. The van der Waals surface area contributed by atoms with Crippen LogP contribution in [-0.4, -0.2) is 29.4 Å². The molecule has 1 N–H and O–H groups in total. The Morgan fingerprint density at radius 2 is 1.89 bits per heavy atom. The number of benzene rings is 3. The number of esters is 1. The van der Waals surface area contributed by atoms with E-state index in [0.717, 1.165) is 16.3 Å². The van der Waals surface area contributed by atoms with Crippen LogP contribution < -0.4 is 19.6 Å². The lowest BCUT2D eigenvalue weighted by atomic mass is 9.96. The van der Waals surface area contributed by atoms with Crippen molar-refractivity contribution in [3.05, 3.63) is 103 Å². The van der Waals surface area contributed by atoms with Crippen molar-refractivity contribution >= 4 is 34.2 Å². The highest BCUT2D eigenvalue weighted by Gasteiger charge is 2.33. The van der Waals surface area contributed by atoms with Crippen molar-refractivity contribution in [3.63, 3.8) is 0 Å². The lowest BCUT2D eigenvalue weighted by molar-refractivity contribution is -0.139. The van der Waals surface area contributed by atoms with Gasteiger partial charge in [0.15, 0.2) is 4.80 Å². The Labute approximate surface area is 210 Å². The smallest absolute Gasteiger partial charge is 0.338 e. The number of rotatable bonds is 5. The van der Waals surface area contributed by atoms with E-state index in [2.05, 4.69) is 4.99 Å². The van der Waals surface area contributed by atoms with Crippen LogP contribution in [-0.2, 0) is 9.53 Å². The molecule has 182 valence electrons. The first-order valence-corrected chi connectivity index (χ1v) is 12.3. The number of phenolic OH excluding ortho intramolecular Hbond substituents is 1. The highest BCUT2D eigenvalue weighted by atomic mass is 32.1. The zero-order valence-electron chi connectivity index (χ0n) is 20.0. The molecule has 7 nitrogen and oxygen atoms in total. The van der Waals surface area contributed by atoms with Gasteiger partial charge in [0, 0.05) is 5.56 Å². The van der Waals surface area contributed by atoms with E-state index in [1.165, 1.54) is 15.9 Å². The van der Waals surface area contributed by atoms with Crippen molar-refractivity contribution < 1.29 is 19.4 Å². The Morgan fingerprint density at radius 3 is 2.61 bits per heavy atom. The van der Waals surface area contributed by atoms with Crippen LogP contribution in [0.2, 0.25) is 0 Å². The molecule has 0 radical (unpaired) electrons. The minimum atomic E-state index is -0.713.